The van der Waals surface area contributed by atoms with Crippen LogP contribution in [0.5, 0.6) is 0 Å². The summed E-state index contributed by atoms with van der Waals surface area (Å²) < 4.78 is 33.6. The SMILES string of the molecule is C=CC(c1cccc(C(C)(C)C)c1[Si](C(C)C)C(C)C)S(=O)(=O)O. The Morgan fingerprint density at radius 3 is 1.96 bits per heavy atom. The number of hydrogen-bond acceptors (Lipinski definition) is 2. The van der Waals surface area contributed by atoms with Crippen LogP contribution in [-0.4, -0.2) is 21.8 Å². The monoisotopic (exact) mass is 367 g/mol. The van der Waals surface area contributed by atoms with Crippen molar-refractivity contribution in [2.24, 2.45) is 0 Å². The van der Waals surface area contributed by atoms with Crippen molar-refractivity contribution in [2.45, 2.75) is 70.2 Å². The lowest BCUT2D eigenvalue weighted by molar-refractivity contribution is 0.476. The predicted molar refractivity (Wildman–Crippen MR) is 105 cm³/mol. The molecule has 1 atom stereocenters. The highest BCUT2D eigenvalue weighted by Crippen LogP contribution is 2.32. The molecule has 0 bridgehead atoms. The molecule has 24 heavy (non-hydrogen) atoms. The summed E-state index contributed by atoms with van der Waals surface area (Å²) in [5.41, 5.74) is 2.66. The molecule has 5 heteroatoms. The van der Waals surface area contributed by atoms with Gasteiger partial charge in [0.15, 0.2) is 0 Å². The summed E-state index contributed by atoms with van der Waals surface area (Å²) in [5.74, 6) is 0. The van der Waals surface area contributed by atoms with Gasteiger partial charge in [0.2, 0.25) is 0 Å². The van der Waals surface area contributed by atoms with Gasteiger partial charge in [-0.15, -0.1) is 6.58 Å². The minimum atomic E-state index is -4.24. The summed E-state index contributed by atoms with van der Waals surface area (Å²) in [6, 6.07) is 5.82. The summed E-state index contributed by atoms with van der Waals surface area (Å²) in [5, 5.41) is 0.0647. The zero-order chi connectivity index (χ0) is 18.9. The van der Waals surface area contributed by atoms with Crippen LogP contribution in [-0.2, 0) is 15.5 Å². The lowest BCUT2D eigenvalue weighted by atomic mass is 9.85. The minimum absolute atomic E-state index is 0.101. The fraction of sp³-hybridized carbons (Fsp3) is 0.579. The molecule has 1 rings (SSSR count). The minimum Gasteiger partial charge on any atom is -0.285 e. The molecule has 3 nitrogen and oxygen atoms in total. The first-order valence-corrected chi connectivity index (χ1v) is 11.6. The summed E-state index contributed by atoms with van der Waals surface area (Å²) in [7, 11) is -5.27. The normalized spacial score (nSPS) is 14.5. The van der Waals surface area contributed by atoms with E-state index in [2.05, 4.69) is 61.1 Å². The Labute approximate surface area is 149 Å². The fourth-order valence-electron chi connectivity index (χ4n) is 3.41. The van der Waals surface area contributed by atoms with E-state index in [1.165, 1.54) is 11.6 Å². The fourth-order valence-corrected chi connectivity index (χ4v) is 8.10. The molecule has 0 saturated carbocycles. The van der Waals surface area contributed by atoms with Crippen LogP contribution in [0.1, 0.15) is 64.8 Å². The zero-order valence-corrected chi connectivity index (χ0v) is 17.7. The largest absolute Gasteiger partial charge is 0.285 e. The van der Waals surface area contributed by atoms with E-state index in [9.17, 15) is 13.0 Å². The van der Waals surface area contributed by atoms with E-state index in [4.69, 9.17) is 0 Å². The van der Waals surface area contributed by atoms with Crippen molar-refractivity contribution in [1.82, 2.24) is 0 Å². The van der Waals surface area contributed by atoms with Crippen LogP contribution in [0, 0.1) is 0 Å². The molecule has 1 N–H and O–H groups in total. The van der Waals surface area contributed by atoms with E-state index in [0.717, 1.165) is 5.19 Å². The third-order valence-corrected chi connectivity index (χ3v) is 8.99. The average Bonchev–Trinajstić information content (AvgIpc) is 2.37. The highest BCUT2D eigenvalue weighted by molar-refractivity contribution is 7.86. The zero-order valence-electron chi connectivity index (χ0n) is 15.9. The molecule has 0 fully saturated rings. The Morgan fingerprint density at radius 2 is 1.62 bits per heavy atom. The van der Waals surface area contributed by atoms with Crippen LogP contribution in [0.3, 0.4) is 0 Å². The lowest BCUT2D eigenvalue weighted by Gasteiger charge is -2.34. The highest BCUT2D eigenvalue weighted by atomic mass is 32.2. The van der Waals surface area contributed by atoms with E-state index in [1.807, 2.05) is 12.1 Å². The smallest absolute Gasteiger partial charge is 0.275 e. The molecule has 1 unspecified atom stereocenters. The van der Waals surface area contributed by atoms with Gasteiger partial charge in [-0.2, -0.15) is 8.42 Å². The molecule has 0 aliphatic carbocycles. The number of rotatable bonds is 6. The quantitative estimate of drug-likeness (QED) is 0.453. The van der Waals surface area contributed by atoms with Crippen molar-refractivity contribution < 1.29 is 13.0 Å². The van der Waals surface area contributed by atoms with Crippen molar-refractivity contribution in [2.75, 3.05) is 0 Å². The number of benzene rings is 1. The Kier molecular flexibility index (Phi) is 6.64. The summed E-state index contributed by atoms with van der Waals surface area (Å²) in [6.07, 6.45) is 1.33. The third-order valence-electron chi connectivity index (χ3n) is 4.28. The maximum absolute atomic E-state index is 11.9. The Balaban J connectivity index is 3.88. The average molecular weight is 368 g/mol. The number of hydrogen-bond donors (Lipinski definition) is 1. The topological polar surface area (TPSA) is 54.4 Å². The second kappa shape index (κ2) is 7.54. The van der Waals surface area contributed by atoms with Gasteiger partial charge in [-0.05, 0) is 27.6 Å². The van der Waals surface area contributed by atoms with E-state index >= 15 is 0 Å². The van der Waals surface area contributed by atoms with Crippen LogP contribution in [0.4, 0.5) is 0 Å². The molecule has 1 radical (unpaired) electrons. The molecule has 1 aromatic rings. The summed E-state index contributed by atoms with van der Waals surface area (Å²) >= 11 is 0. The van der Waals surface area contributed by atoms with Crippen LogP contribution in [0.25, 0.3) is 0 Å². The summed E-state index contributed by atoms with van der Waals surface area (Å²) in [6.45, 7) is 18.9. The molecule has 0 amide bonds. The van der Waals surface area contributed by atoms with Gasteiger partial charge in [0, 0.05) is 0 Å². The van der Waals surface area contributed by atoms with E-state index in [1.54, 1.807) is 0 Å². The molecular formula is C19H31O3SSi. The van der Waals surface area contributed by atoms with Gasteiger partial charge >= 0.3 is 0 Å². The van der Waals surface area contributed by atoms with Crippen molar-refractivity contribution >= 4 is 24.1 Å². The van der Waals surface area contributed by atoms with Crippen LogP contribution in [0.2, 0.25) is 11.1 Å². The Morgan fingerprint density at radius 1 is 1.12 bits per heavy atom. The molecule has 0 aromatic heterocycles. The first kappa shape index (κ1) is 21.1. The van der Waals surface area contributed by atoms with E-state index < -0.39 is 24.2 Å². The molecule has 1 aromatic carbocycles. The third kappa shape index (κ3) is 4.58. The second-order valence-electron chi connectivity index (χ2n) is 7.96. The van der Waals surface area contributed by atoms with Crippen molar-refractivity contribution in [3.8, 4) is 0 Å². The van der Waals surface area contributed by atoms with Crippen LogP contribution in [0.15, 0.2) is 30.9 Å². The molecule has 0 spiro atoms. The van der Waals surface area contributed by atoms with Crippen molar-refractivity contribution in [3.63, 3.8) is 0 Å². The standard InChI is InChI=1S/C19H31O3SSi/c1-9-17(23(20,21)22)15-11-10-12-16(19(6,7)8)18(15)24(13(2)3)14(4)5/h9-14,17H,1H2,2-8H3,(H,20,21,22). The Hall–Kier alpha value is -0.913. The van der Waals surface area contributed by atoms with Gasteiger partial charge in [0.1, 0.15) is 5.25 Å². The molecular weight excluding hydrogens is 336 g/mol. The first-order chi connectivity index (χ1) is 10.8. The van der Waals surface area contributed by atoms with Gasteiger partial charge in [-0.1, -0.05) is 77.9 Å². The second-order valence-corrected chi connectivity index (χ2v) is 13.2. The predicted octanol–water partition coefficient (Wildman–Crippen LogP) is 4.62. The molecule has 0 heterocycles. The molecule has 0 saturated heterocycles. The lowest BCUT2D eigenvalue weighted by Crippen LogP contribution is -2.44. The molecule has 0 aliphatic heterocycles. The van der Waals surface area contributed by atoms with Gasteiger partial charge in [-0.25, -0.2) is 0 Å². The van der Waals surface area contributed by atoms with Crippen molar-refractivity contribution in [3.05, 3.63) is 42.0 Å². The molecule has 135 valence electrons. The van der Waals surface area contributed by atoms with Gasteiger partial charge < -0.3 is 0 Å². The van der Waals surface area contributed by atoms with Crippen molar-refractivity contribution in [1.29, 1.82) is 0 Å². The van der Waals surface area contributed by atoms with E-state index in [-0.39, 0.29) is 5.41 Å². The van der Waals surface area contributed by atoms with Crippen LogP contribution >= 0.6 is 0 Å². The van der Waals surface area contributed by atoms with Crippen LogP contribution < -0.4 is 5.19 Å². The maximum Gasteiger partial charge on any atom is 0.275 e. The maximum atomic E-state index is 11.9. The summed E-state index contributed by atoms with van der Waals surface area (Å²) in [4.78, 5) is 0. The highest BCUT2D eigenvalue weighted by Gasteiger charge is 2.34. The molecule has 0 aliphatic rings. The van der Waals surface area contributed by atoms with Gasteiger partial charge in [0.05, 0.1) is 8.80 Å². The van der Waals surface area contributed by atoms with Gasteiger partial charge in [-0.3, -0.25) is 4.55 Å². The first-order valence-electron chi connectivity index (χ1n) is 8.41. The van der Waals surface area contributed by atoms with E-state index in [0.29, 0.717) is 16.6 Å². The van der Waals surface area contributed by atoms with Gasteiger partial charge in [0.25, 0.3) is 10.1 Å². The Bertz CT molecular complexity index is 677.